The third-order valence-corrected chi connectivity index (χ3v) is 1.61. The normalized spacial score (nSPS) is 9.08. The van der Waals surface area contributed by atoms with E-state index in [9.17, 15) is 4.79 Å². The van der Waals surface area contributed by atoms with Crippen molar-refractivity contribution >= 4 is 12.4 Å². The van der Waals surface area contributed by atoms with Crippen molar-refractivity contribution in [3.63, 3.8) is 0 Å². The molecule has 0 unspecified atom stereocenters. The van der Waals surface area contributed by atoms with Crippen LogP contribution < -0.4 is 4.74 Å². The second kappa shape index (κ2) is 3.72. The number of carbonyl (C=O) groups excluding carboxylic acids is 1. The van der Waals surface area contributed by atoms with Crippen LogP contribution in [0.4, 0.5) is 0 Å². The highest BCUT2D eigenvalue weighted by atomic mass is 16.5. The molecule has 2 heteroatoms. The van der Waals surface area contributed by atoms with Crippen LogP contribution in [0.2, 0.25) is 0 Å². The van der Waals surface area contributed by atoms with E-state index in [1.165, 1.54) is 0 Å². The molecule has 1 aromatic rings. The van der Waals surface area contributed by atoms with Crippen LogP contribution in [0.5, 0.6) is 5.75 Å². The van der Waals surface area contributed by atoms with E-state index < -0.39 is 0 Å². The van der Waals surface area contributed by atoms with Gasteiger partial charge in [-0.15, -0.1) is 0 Å². The highest BCUT2D eigenvalue weighted by Crippen LogP contribution is 2.19. The van der Waals surface area contributed by atoms with Gasteiger partial charge in [0.15, 0.2) is 0 Å². The minimum atomic E-state index is 0.630. The number of rotatable bonds is 3. The van der Waals surface area contributed by atoms with Gasteiger partial charge >= 0.3 is 0 Å². The monoisotopic (exact) mass is 162 g/mol. The molecule has 0 amide bonds. The lowest BCUT2D eigenvalue weighted by Gasteiger charge is -2.03. The summed E-state index contributed by atoms with van der Waals surface area (Å²) in [4.78, 5) is 10.4. The molecule has 62 valence electrons. The van der Waals surface area contributed by atoms with E-state index in [-0.39, 0.29) is 0 Å². The Morgan fingerprint density at radius 2 is 2.25 bits per heavy atom. The molecule has 0 aliphatic carbocycles. The van der Waals surface area contributed by atoms with Gasteiger partial charge in [0, 0.05) is 11.1 Å². The first-order valence-corrected chi connectivity index (χ1v) is 3.57. The topological polar surface area (TPSA) is 26.3 Å². The third-order valence-electron chi connectivity index (χ3n) is 1.61. The number of aldehydes is 1. The number of hydrogen-bond donors (Lipinski definition) is 0. The largest absolute Gasteiger partial charge is 0.496 e. The zero-order valence-electron chi connectivity index (χ0n) is 6.91. The van der Waals surface area contributed by atoms with E-state index in [4.69, 9.17) is 4.74 Å². The fourth-order valence-corrected chi connectivity index (χ4v) is 0.986. The van der Waals surface area contributed by atoms with Gasteiger partial charge in [0.05, 0.1) is 7.11 Å². The Kier molecular flexibility index (Phi) is 2.64. The standard InChI is InChI=1S/C10H10O2/c1-3-9-6-8(7-11)4-5-10(9)12-2/h3-7H,1H2,2H3. The Morgan fingerprint density at radius 1 is 1.50 bits per heavy atom. The zero-order valence-corrected chi connectivity index (χ0v) is 6.91. The third kappa shape index (κ3) is 1.53. The van der Waals surface area contributed by atoms with E-state index in [2.05, 4.69) is 6.58 Å². The zero-order chi connectivity index (χ0) is 8.97. The molecule has 0 aliphatic heterocycles. The molecule has 2 nitrogen and oxygen atoms in total. The Bertz CT molecular complexity index is 303. The van der Waals surface area contributed by atoms with Gasteiger partial charge in [0.2, 0.25) is 0 Å². The minimum Gasteiger partial charge on any atom is -0.496 e. The van der Waals surface area contributed by atoms with Crippen LogP contribution in [-0.4, -0.2) is 13.4 Å². The van der Waals surface area contributed by atoms with Crippen molar-refractivity contribution in [3.05, 3.63) is 35.9 Å². The number of benzene rings is 1. The number of hydrogen-bond acceptors (Lipinski definition) is 2. The van der Waals surface area contributed by atoms with Crippen molar-refractivity contribution in [1.29, 1.82) is 0 Å². The first-order valence-electron chi connectivity index (χ1n) is 3.57. The maximum absolute atomic E-state index is 10.4. The highest BCUT2D eigenvalue weighted by Gasteiger charge is 1.99. The molecule has 0 N–H and O–H groups in total. The molecule has 0 heterocycles. The smallest absolute Gasteiger partial charge is 0.150 e. The van der Waals surface area contributed by atoms with Crippen molar-refractivity contribution in [1.82, 2.24) is 0 Å². The van der Waals surface area contributed by atoms with E-state index in [1.54, 1.807) is 31.4 Å². The Hall–Kier alpha value is -1.57. The van der Waals surface area contributed by atoms with Crippen molar-refractivity contribution in [3.8, 4) is 5.75 Å². The summed E-state index contributed by atoms with van der Waals surface area (Å²) in [6.45, 7) is 3.62. The fourth-order valence-electron chi connectivity index (χ4n) is 0.986. The van der Waals surface area contributed by atoms with E-state index in [0.29, 0.717) is 5.56 Å². The van der Waals surface area contributed by atoms with Crippen LogP contribution in [0.3, 0.4) is 0 Å². The maximum Gasteiger partial charge on any atom is 0.150 e. The van der Waals surface area contributed by atoms with Gasteiger partial charge < -0.3 is 4.74 Å². The number of carbonyl (C=O) groups is 1. The molecule has 12 heavy (non-hydrogen) atoms. The average molecular weight is 162 g/mol. The van der Waals surface area contributed by atoms with E-state index in [1.807, 2.05) is 0 Å². The summed E-state index contributed by atoms with van der Waals surface area (Å²) < 4.78 is 5.05. The van der Waals surface area contributed by atoms with Crippen LogP contribution in [-0.2, 0) is 0 Å². The van der Waals surface area contributed by atoms with Crippen LogP contribution in [0.1, 0.15) is 15.9 Å². The lowest BCUT2D eigenvalue weighted by atomic mass is 10.1. The van der Waals surface area contributed by atoms with Gasteiger partial charge in [-0.2, -0.15) is 0 Å². The Balaban J connectivity index is 3.18. The second-order valence-electron chi connectivity index (χ2n) is 2.32. The summed E-state index contributed by atoms with van der Waals surface area (Å²) in [6.07, 6.45) is 2.46. The van der Waals surface area contributed by atoms with E-state index >= 15 is 0 Å². The molecular weight excluding hydrogens is 152 g/mol. The van der Waals surface area contributed by atoms with Gasteiger partial charge in [0.1, 0.15) is 12.0 Å². The first kappa shape index (κ1) is 8.53. The van der Waals surface area contributed by atoms with Gasteiger partial charge in [0.25, 0.3) is 0 Å². The van der Waals surface area contributed by atoms with Crippen LogP contribution in [0, 0.1) is 0 Å². The van der Waals surface area contributed by atoms with Crippen LogP contribution in [0.25, 0.3) is 6.08 Å². The summed E-state index contributed by atoms with van der Waals surface area (Å²) in [5, 5.41) is 0. The molecule has 0 aliphatic rings. The molecule has 0 spiro atoms. The highest BCUT2D eigenvalue weighted by molar-refractivity contribution is 5.77. The molecular formula is C10H10O2. The Labute approximate surface area is 71.5 Å². The predicted octanol–water partition coefficient (Wildman–Crippen LogP) is 2.15. The summed E-state index contributed by atoms with van der Waals surface area (Å²) in [5.41, 5.74) is 1.47. The second-order valence-corrected chi connectivity index (χ2v) is 2.32. The summed E-state index contributed by atoms with van der Waals surface area (Å²) in [6, 6.07) is 5.19. The van der Waals surface area contributed by atoms with Crippen molar-refractivity contribution in [2.75, 3.05) is 7.11 Å². The maximum atomic E-state index is 10.4. The lowest BCUT2D eigenvalue weighted by molar-refractivity contribution is 0.112. The molecule has 0 fully saturated rings. The average Bonchev–Trinajstić information content (AvgIpc) is 2.16. The van der Waals surface area contributed by atoms with Crippen LogP contribution in [0.15, 0.2) is 24.8 Å². The SMILES string of the molecule is C=Cc1cc(C=O)ccc1OC. The number of methoxy groups -OCH3 is 1. The minimum absolute atomic E-state index is 0.630. The van der Waals surface area contributed by atoms with Crippen molar-refractivity contribution in [2.24, 2.45) is 0 Å². The van der Waals surface area contributed by atoms with Crippen LogP contribution >= 0.6 is 0 Å². The first-order chi connectivity index (χ1) is 5.81. The molecule has 1 rings (SSSR count). The quantitative estimate of drug-likeness (QED) is 0.636. The van der Waals surface area contributed by atoms with Crippen molar-refractivity contribution < 1.29 is 9.53 Å². The fraction of sp³-hybridized carbons (Fsp3) is 0.100. The van der Waals surface area contributed by atoms with Gasteiger partial charge in [-0.25, -0.2) is 0 Å². The lowest BCUT2D eigenvalue weighted by Crippen LogP contribution is -1.88. The summed E-state index contributed by atoms with van der Waals surface area (Å²) >= 11 is 0. The number of ether oxygens (including phenoxy) is 1. The van der Waals surface area contributed by atoms with E-state index in [0.717, 1.165) is 17.6 Å². The molecule has 1 aromatic carbocycles. The molecule has 0 radical (unpaired) electrons. The summed E-state index contributed by atoms with van der Waals surface area (Å²) in [5.74, 6) is 0.732. The molecule has 0 atom stereocenters. The summed E-state index contributed by atoms with van der Waals surface area (Å²) in [7, 11) is 1.59. The molecule has 0 aromatic heterocycles. The van der Waals surface area contributed by atoms with Crippen molar-refractivity contribution in [2.45, 2.75) is 0 Å². The predicted molar refractivity (Wildman–Crippen MR) is 48.5 cm³/mol. The molecule has 0 bridgehead atoms. The van der Waals surface area contributed by atoms with Gasteiger partial charge in [-0.05, 0) is 18.2 Å². The van der Waals surface area contributed by atoms with Gasteiger partial charge in [-0.1, -0.05) is 12.7 Å². The van der Waals surface area contributed by atoms with Gasteiger partial charge in [-0.3, -0.25) is 4.79 Å². The Morgan fingerprint density at radius 3 is 2.75 bits per heavy atom. The molecule has 0 saturated carbocycles. The molecule has 0 saturated heterocycles.